The van der Waals surface area contributed by atoms with Crippen molar-refractivity contribution in [2.75, 3.05) is 0 Å². The molecule has 0 saturated carbocycles. The Morgan fingerprint density at radius 1 is 0.500 bits per heavy atom. The smallest absolute Gasteiger partial charge is 0.164 e. The molecule has 8 aromatic rings. The Morgan fingerprint density at radius 2 is 1.15 bits per heavy atom. The highest BCUT2D eigenvalue weighted by Gasteiger charge is 2.55. The van der Waals surface area contributed by atoms with Gasteiger partial charge in [-0.05, 0) is 94.3 Å². The SMILES string of the molecule is C1=CC(c2nc(C3=CC4Sc5cc(-c6cc(-c7cccnc7)nc(-c7cccnc7)c6)ccc5C5(c6ccccc6-c6ccccc65)C4C=C3)nc(-c3ccccc3)n2)=CCC1. The van der Waals surface area contributed by atoms with E-state index in [4.69, 9.17) is 19.9 Å². The topological polar surface area (TPSA) is 77.3 Å². The van der Waals surface area contributed by atoms with Crippen molar-refractivity contribution in [2.45, 2.75) is 28.4 Å². The lowest BCUT2D eigenvalue weighted by Crippen LogP contribution is -2.44. The van der Waals surface area contributed by atoms with E-state index in [2.05, 4.69) is 150 Å². The van der Waals surface area contributed by atoms with Crippen LogP contribution in [0.2, 0.25) is 0 Å². The predicted molar refractivity (Wildman–Crippen MR) is 250 cm³/mol. The van der Waals surface area contributed by atoms with Crippen LogP contribution in [0.5, 0.6) is 0 Å². The van der Waals surface area contributed by atoms with Crippen molar-refractivity contribution in [1.29, 1.82) is 0 Å². The van der Waals surface area contributed by atoms with Gasteiger partial charge in [0.25, 0.3) is 0 Å². The molecule has 2 atom stereocenters. The molecule has 4 aliphatic rings. The van der Waals surface area contributed by atoms with Crippen LogP contribution in [0.25, 0.3) is 67.3 Å². The molecule has 0 amide bonds. The van der Waals surface area contributed by atoms with Gasteiger partial charge >= 0.3 is 0 Å². The Labute approximate surface area is 364 Å². The summed E-state index contributed by atoms with van der Waals surface area (Å²) in [5, 5.41) is 0.0699. The second-order valence-corrected chi connectivity index (χ2v) is 17.3. The number of hydrogen-bond donors (Lipinski definition) is 0. The number of benzene rings is 4. The first-order chi connectivity index (χ1) is 30.7. The third kappa shape index (κ3) is 6.03. The zero-order chi connectivity index (χ0) is 41.0. The van der Waals surface area contributed by atoms with E-state index in [1.165, 1.54) is 32.7 Å². The summed E-state index contributed by atoms with van der Waals surface area (Å²) in [4.78, 5) is 30.6. The van der Waals surface area contributed by atoms with Crippen LogP contribution in [0, 0.1) is 5.92 Å². The highest BCUT2D eigenvalue weighted by Crippen LogP contribution is 2.64. The van der Waals surface area contributed by atoms with Crippen molar-refractivity contribution in [3.8, 4) is 56.2 Å². The van der Waals surface area contributed by atoms with E-state index in [1.807, 2.05) is 54.5 Å². The van der Waals surface area contributed by atoms with Crippen LogP contribution in [0.15, 0.2) is 200 Å². The summed E-state index contributed by atoms with van der Waals surface area (Å²) in [5.41, 5.74) is 15.1. The second-order valence-electron chi connectivity index (χ2n) is 16.1. The van der Waals surface area contributed by atoms with E-state index in [0.29, 0.717) is 17.5 Å². The Kier molecular flexibility index (Phi) is 8.82. The van der Waals surface area contributed by atoms with Crippen LogP contribution in [0.1, 0.15) is 41.2 Å². The van der Waals surface area contributed by atoms with E-state index in [1.54, 1.807) is 12.4 Å². The Hall–Kier alpha value is -7.35. The zero-order valence-corrected chi connectivity index (χ0v) is 34.5. The predicted octanol–water partition coefficient (Wildman–Crippen LogP) is 12.5. The number of fused-ring (bicyclic) bond motifs is 9. The van der Waals surface area contributed by atoms with Crippen molar-refractivity contribution in [3.63, 3.8) is 0 Å². The Balaban J connectivity index is 1.04. The third-order valence-electron chi connectivity index (χ3n) is 12.6. The molecule has 6 nitrogen and oxygen atoms in total. The van der Waals surface area contributed by atoms with Gasteiger partial charge in [-0.1, -0.05) is 127 Å². The summed E-state index contributed by atoms with van der Waals surface area (Å²) in [5.74, 6) is 2.19. The second kappa shape index (κ2) is 15.0. The lowest BCUT2D eigenvalue weighted by molar-refractivity contribution is 0.450. The van der Waals surface area contributed by atoms with Crippen LogP contribution in [0.4, 0.5) is 0 Å². The van der Waals surface area contributed by atoms with Gasteiger partial charge < -0.3 is 0 Å². The maximum Gasteiger partial charge on any atom is 0.164 e. The van der Waals surface area contributed by atoms with Gasteiger partial charge in [0.15, 0.2) is 17.5 Å². The van der Waals surface area contributed by atoms with Crippen LogP contribution < -0.4 is 0 Å². The summed E-state index contributed by atoms with van der Waals surface area (Å²) in [6, 6.07) is 47.8. The molecular weight excluding hydrogens is 777 g/mol. The first kappa shape index (κ1) is 36.5. The largest absolute Gasteiger partial charge is 0.264 e. The van der Waals surface area contributed by atoms with Gasteiger partial charge in [-0.2, -0.15) is 0 Å². The van der Waals surface area contributed by atoms with Crippen molar-refractivity contribution < 1.29 is 0 Å². The number of allylic oxidation sites excluding steroid dienone is 7. The van der Waals surface area contributed by atoms with Crippen molar-refractivity contribution in [3.05, 3.63) is 223 Å². The summed E-state index contributed by atoms with van der Waals surface area (Å²) >= 11 is 1.94. The minimum Gasteiger partial charge on any atom is -0.264 e. The van der Waals surface area contributed by atoms with E-state index >= 15 is 0 Å². The minimum absolute atomic E-state index is 0.0699. The number of pyridine rings is 3. The lowest BCUT2D eigenvalue weighted by atomic mass is 9.61. The maximum absolute atomic E-state index is 5.18. The molecule has 4 aromatic carbocycles. The number of thioether (sulfide) groups is 1. The highest BCUT2D eigenvalue weighted by atomic mass is 32.2. The summed E-state index contributed by atoms with van der Waals surface area (Å²) in [6.07, 6.45) is 23.1. The van der Waals surface area contributed by atoms with Crippen LogP contribution >= 0.6 is 11.8 Å². The number of rotatable bonds is 6. The standard InChI is InChI=1S/C55H38N6S/c1-3-13-35(14-4-1)52-59-53(36-15-5-2-6-16-36)61-54(60-52)38-24-26-47-51(32-38)62-50-31-37(23-25-46(50)55(47)44-21-9-7-19-42(44)43-20-8-10-22-45(43)55)41-29-48(39-17-11-27-56-33-39)58-49(30-41)40-18-12-28-57-34-40/h1,3-5,7-34,47,51H,2,6H2. The molecule has 4 aromatic heterocycles. The number of aromatic nitrogens is 6. The van der Waals surface area contributed by atoms with Crippen molar-refractivity contribution in [1.82, 2.24) is 29.9 Å². The fraction of sp³-hybridized carbons (Fsp3) is 0.0909. The molecule has 0 radical (unpaired) electrons. The fourth-order valence-corrected chi connectivity index (χ4v) is 11.3. The van der Waals surface area contributed by atoms with E-state index in [-0.39, 0.29) is 11.2 Å². The quantitative estimate of drug-likeness (QED) is 0.165. The monoisotopic (exact) mass is 814 g/mol. The highest BCUT2D eigenvalue weighted by molar-refractivity contribution is 8.00. The average molecular weight is 815 g/mol. The van der Waals surface area contributed by atoms with Gasteiger partial charge in [0.2, 0.25) is 0 Å². The molecule has 12 rings (SSSR count). The molecule has 3 aliphatic carbocycles. The minimum atomic E-state index is -0.424. The third-order valence-corrected chi connectivity index (χ3v) is 13.9. The van der Waals surface area contributed by atoms with Gasteiger partial charge in [0.05, 0.1) is 16.8 Å². The molecule has 294 valence electrons. The molecular formula is C55H38N6S. The molecule has 62 heavy (non-hydrogen) atoms. The molecule has 0 fully saturated rings. The zero-order valence-electron chi connectivity index (χ0n) is 33.6. The molecule has 0 bridgehead atoms. The molecule has 0 saturated heterocycles. The van der Waals surface area contributed by atoms with Gasteiger partial charge in [0.1, 0.15) is 0 Å². The first-order valence-corrected chi connectivity index (χ1v) is 22.0. The number of nitrogens with zero attached hydrogens (tertiary/aromatic N) is 6. The molecule has 5 heterocycles. The summed E-state index contributed by atoms with van der Waals surface area (Å²) in [7, 11) is 0. The van der Waals surface area contributed by atoms with E-state index < -0.39 is 5.41 Å². The Bertz CT molecular complexity index is 3070. The summed E-state index contributed by atoms with van der Waals surface area (Å²) < 4.78 is 0. The van der Waals surface area contributed by atoms with Gasteiger partial charge in [-0.15, -0.1) is 11.8 Å². The molecule has 7 heteroatoms. The average Bonchev–Trinajstić information content (AvgIpc) is 3.65. The van der Waals surface area contributed by atoms with Gasteiger partial charge in [-0.3, -0.25) is 9.97 Å². The first-order valence-electron chi connectivity index (χ1n) is 21.1. The van der Waals surface area contributed by atoms with Crippen LogP contribution in [0.3, 0.4) is 0 Å². The van der Waals surface area contributed by atoms with Crippen molar-refractivity contribution in [2.24, 2.45) is 5.92 Å². The van der Waals surface area contributed by atoms with Crippen LogP contribution in [-0.4, -0.2) is 35.2 Å². The molecule has 2 unspecified atom stereocenters. The van der Waals surface area contributed by atoms with E-state index in [9.17, 15) is 0 Å². The Morgan fingerprint density at radius 3 is 1.81 bits per heavy atom. The summed E-state index contributed by atoms with van der Waals surface area (Å²) in [6.45, 7) is 0. The fourth-order valence-electron chi connectivity index (χ4n) is 9.82. The maximum atomic E-state index is 5.18. The molecule has 1 spiro atoms. The number of hydrogen-bond acceptors (Lipinski definition) is 7. The van der Waals surface area contributed by atoms with Crippen molar-refractivity contribution >= 4 is 22.9 Å². The van der Waals surface area contributed by atoms with E-state index in [0.717, 1.165) is 63.2 Å². The molecule has 1 aliphatic heterocycles. The lowest BCUT2D eigenvalue weighted by Gasteiger charge is -2.47. The molecule has 0 N–H and O–H groups in total. The van der Waals surface area contributed by atoms with Gasteiger partial charge in [-0.25, -0.2) is 19.9 Å². The van der Waals surface area contributed by atoms with Gasteiger partial charge in [0, 0.05) is 68.7 Å². The normalized spacial score (nSPS) is 17.7. The van der Waals surface area contributed by atoms with Crippen LogP contribution in [-0.2, 0) is 5.41 Å².